The molecule has 0 radical (unpaired) electrons. The highest BCUT2D eigenvalue weighted by Gasteiger charge is 2.13. The molecule has 0 aliphatic heterocycles. The summed E-state index contributed by atoms with van der Waals surface area (Å²) in [5.41, 5.74) is 0.926. The molecule has 0 spiro atoms. The second-order valence-electron chi connectivity index (χ2n) is 8.38. The Kier molecular flexibility index (Phi) is 10.3. The number of ether oxygens (including phenoxy) is 3. The monoisotopic (exact) mass is 496 g/mol. The number of rotatable bonds is 12. The van der Waals surface area contributed by atoms with E-state index in [4.69, 9.17) is 24.7 Å². The van der Waals surface area contributed by atoms with Crippen molar-refractivity contribution >= 4 is 11.9 Å². The summed E-state index contributed by atoms with van der Waals surface area (Å²) in [5.74, 6) is -0.0508. The summed E-state index contributed by atoms with van der Waals surface area (Å²) in [6, 6.07) is 20.7. The van der Waals surface area contributed by atoms with Gasteiger partial charge < -0.3 is 14.2 Å². The van der Waals surface area contributed by atoms with Crippen LogP contribution in [0, 0.1) is 22.7 Å². The van der Waals surface area contributed by atoms with Gasteiger partial charge in [-0.2, -0.15) is 10.5 Å². The average Bonchev–Trinajstić information content (AvgIpc) is 2.93. The summed E-state index contributed by atoms with van der Waals surface area (Å²) >= 11 is 0. The van der Waals surface area contributed by atoms with Gasteiger partial charge in [0.05, 0.1) is 28.9 Å². The fraction of sp³-hybridized carbons (Fsp3) is 0.267. The van der Waals surface area contributed by atoms with Crippen LogP contribution in [0.25, 0.3) is 0 Å². The van der Waals surface area contributed by atoms with Crippen LogP contribution in [0.15, 0.2) is 66.7 Å². The van der Waals surface area contributed by atoms with E-state index in [1.54, 1.807) is 24.3 Å². The van der Waals surface area contributed by atoms with Crippen LogP contribution >= 0.6 is 0 Å². The molecule has 3 aromatic rings. The number of benzene rings is 3. The zero-order chi connectivity index (χ0) is 26.5. The first kappa shape index (κ1) is 27.0. The van der Waals surface area contributed by atoms with E-state index in [2.05, 4.69) is 6.92 Å². The maximum absolute atomic E-state index is 12.5. The first-order valence-corrected chi connectivity index (χ1v) is 12.3. The van der Waals surface area contributed by atoms with Crippen LogP contribution in [0.5, 0.6) is 17.2 Å². The van der Waals surface area contributed by atoms with Crippen LogP contribution in [-0.4, -0.2) is 18.5 Å². The van der Waals surface area contributed by atoms with Gasteiger partial charge >= 0.3 is 11.9 Å². The zero-order valence-electron chi connectivity index (χ0n) is 20.7. The number of hydrogen-bond acceptors (Lipinski definition) is 7. The molecule has 3 rings (SSSR count). The van der Waals surface area contributed by atoms with E-state index in [9.17, 15) is 9.59 Å². The first-order valence-electron chi connectivity index (χ1n) is 12.3. The van der Waals surface area contributed by atoms with E-state index in [-0.39, 0.29) is 28.2 Å². The second kappa shape index (κ2) is 14.1. The molecule has 0 fully saturated rings. The molecule has 0 saturated heterocycles. The Balaban J connectivity index is 1.49. The van der Waals surface area contributed by atoms with Crippen molar-refractivity contribution in [2.45, 2.75) is 45.4 Å². The van der Waals surface area contributed by atoms with Crippen LogP contribution in [0.3, 0.4) is 0 Å². The van der Waals surface area contributed by atoms with E-state index in [1.807, 2.05) is 12.1 Å². The van der Waals surface area contributed by atoms with E-state index in [1.165, 1.54) is 68.1 Å². The maximum atomic E-state index is 12.5. The summed E-state index contributed by atoms with van der Waals surface area (Å²) in [6.45, 7) is 2.85. The highest BCUT2D eigenvalue weighted by atomic mass is 16.5. The molecular formula is C30H28N2O5. The molecule has 37 heavy (non-hydrogen) atoms. The van der Waals surface area contributed by atoms with Gasteiger partial charge in [0.2, 0.25) is 0 Å². The van der Waals surface area contributed by atoms with Gasteiger partial charge in [-0.25, -0.2) is 9.59 Å². The predicted molar refractivity (Wildman–Crippen MR) is 138 cm³/mol. The van der Waals surface area contributed by atoms with E-state index in [0.717, 1.165) is 12.8 Å². The molecule has 7 heteroatoms. The summed E-state index contributed by atoms with van der Waals surface area (Å²) in [6.07, 6.45) is 7.16. The lowest BCUT2D eigenvalue weighted by molar-refractivity contribution is 0.0730. The minimum atomic E-state index is -0.650. The highest BCUT2D eigenvalue weighted by Crippen LogP contribution is 2.20. The number of nitriles is 2. The summed E-state index contributed by atoms with van der Waals surface area (Å²) in [7, 11) is 0. The van der Waals surface area contributed by atoms with Gasteiger partial charge in [0.1, 0.15) is 29.4 Å². The number of carbonyl (C=O) groups is 2. The van der Waals surface area contributed by atoms with Crippen LogP contribution in [0.1, 0.15) is 77.3 Å². The molecule has 7 nitrogen and oxygen atoms in total. The van der Waals surface area contributed by atoms with Crippen LogP contribution in [-0.2, 0) is 0 Å². The van der Waals surface area contributed by atoms with Gasteiger partial charge in [-0.3, -0.25) is 0 Å². The Labute approximate surface area is 216 Å². The molecular weight excluding hydrogens is 468 g/mol. The van der Waals surface area contributed by atoms with Crippen molar-refractivity contribution in [1.82, 2.24) is 0 Å². The van der Waals surface area contributed by atoms with Crippen molar-refractivity contribution in [3.05, 3.63) is 89.0 Å². The molecule has 0 heterocycles. The van der Waals surface area contributed by atoms with Crippen LogP contribution in [0.4, 0.5) is 0 Å². The zero-order valence-corrected chi connectivity index (χ0v) is 20.7. The van der Waals surface area contributed by atoms with Crippen LogP contribution < -0.4 is 14.2 Å². The van der Waals surface area contributed by atoms with Crippen molar-refractivity contribution < 1.29 is 23.8 Å². The topological polar surface area (TPSA) is 109 Å². The van der Waals surface area contributed by atoms with Crippen molar-refractivity contribution in [2.24, 2.45) is 0 Å². The van der Waals surface area contributed by atoms with E-state index >= 15 is 0 Å². The van der Waals surface area contributed by atoms with Gasteiger partial charge in [-0.05, 0) is 67.1 Å². The molecule has 0 N–H and O–H groups in total. The molecule has 0 atom stereocenters. The van der Waals surface area contributed by atoms with Gasteiger partial charge in [-0.15, -0.1) is 0 Å². The maximum Gasteiger partial charge on any atom is 0.343 e. The van der Waals surface area contributed by atoms with Crippen molar-refractivity contribution in [3.63, 3.8) is 0 Å². The van der Waals surface area contributed by atoms with Gasteiger partial charge in [0, 0.05) is 6.07 Å². The van der Waals surface area contributed by atoms with Gasteiger partial charge in [0.15, 0.2) is 0 Å². The number of esters is 2. The Morgan fingerprint density at radius 1 is 0.649 bits per heavy atom. The third-order valence-corrected chi connectivity index (χ3v) is 5.60. The fourth-order valence-corrected chi connectivity index (χ4v) is 3.53. The summed E-state index contributed by atoms with van der Waals surface area (Å²) < 4.78 is 16.4. The lowest BCUT2D eigenvalue weighted by Crippen LogP contribution is -2.10. The number of hydrogen-bond donors (Lipinski definition) is 0. The lowest BCUT2D eigenvalue weighted by Gasteiger charge is -2.08. The molecule has 0 amide bonds. The van der Waals surface area contributed by atoms with E-state index < -0.39 is 11.9 Å². The van der Waals surface area contributed by atoms with E-state index in [0.29, 0.717) is 17.9 Å². The summed E-state index contributed by atoms with van der Waals surface area (Å²) in [5, 5.41) is 18.1. The van der Waals surface area contributed by atoms with Gasteiger partial charge in [0.25, 0.3) is 0 Å². The van der Waals surface area contributed by atoms with Gasteiger partial charge in [-0.1, -0.05) is 39.0 Å². The number of unbranched alkanes of at least 4 members (excludes halogenated alkanes) is 5. The molecule has 0 bridgehead atoms. The quantitative estimate of drug-likeness (QED) is 0.158. The Morgan fingerprint density at radius 2 is 1.16 bits per heavy atom. The van der Waals surface area contributed by atoms with Crippen molar-refractivity contribution in [3.8, 4) is 29.4 Å². The molecule has 0 unspecified atom stereocenters. The molecule has 0 aliphatic rings. The normalized spacial score (nSPS) is 10.1. The number of carbonyl (C=O) groups excluding carboxylic acids is 2. The second-order valence-corrected chi connectivity index (χ2v) is 8.38. The minimum Gasteiger partial charge on any atom is -0.494 e. The lowest BCUT2D eigenvalue weighted by atomic mass is 10.1. The molecule has 188 valence electrons. The smallest absolute Gasteiger partial charge is 0.343 e. The fourth-order valence-electron chi connectivity index (χ4n) is 3.53. The predicted octanol–water partition coefficient (Wildman–Crippen LogP) is 6.61. The SMILES string of the molecule is CCCCCCCCOc1ccc(C(=O)Oc2ccc(C(=O)Oc3ccc(C#N)c(C#N)c3)cc2)cc1. The third-order valence-electron chi connectivity index (χ3n) is 5.60. The molecule has 0 aliphatic carbocycles. The molecule has 3 aromatic carbocycles. The van der Waals surface area contributed by atoms with Crippen molar-refractivity contribution in [2.75, 3.05) is 6.61 Å². The van der Waals surface area contributed by atoms with Crippen LogP contribution in [0.2, 0.25) is 0 Å². The Bertz CT molecular complexity index is 1290. The van der Waals surface area contributed by atoms with Crippen molar-refractivity contribution in [1.29, 1.82) is 10.5 Å². The standard InChI is InChI=1S/C30H28N2O5/c1-2-3-4-5-6-7-18-35-26-13-8-22(9-14-26)29(33)36-27-15-10-23(11-16-27)30(34)37-28-17-12-24(20-31)25(19-28)21-32/h8-17,19H,2-7,18H2,1H3. The average molecular weight is 497 g/mol. The third kappa shape index (κ3) is 8.23. The highest BCUT2D eigenvalue weighted by molar-refractivity contribution is 5.92. The summed E-state index contributed by atoms with van der Waals surface area (Å²) in [4.78, 5) is 24.9. The minimum absolute atomic E-state index is 0.118. The number of nitrogens with zero attached hydrogens (tertiary/aromatic N) is 2. The molecule has 0 saturated carbocycles. The Morgan fingerprint density at radius 3 is 1.76 bits per heavy atom. The molecule has 0 aromatic heterocycles. The largest absolute Gasteiger partial charge is 0.494 e. The Hall–Kier alpha value is -4.62. The first-order chi connectivity index (χ1) is 18.0.